The van der Waals surface area contributed by atoms with Gasteiger partial charge in [-0.05, 0) is 6.92 Å². The van der Waals surface area contributed by atoms with E-state index in [4.69, 9.17) is 0 Å². The van der Waals surface area contributed by atoms with Gasteiger partial charge in [0, 0.05) is 13.2 Å². The van der Waals surface area contributed by atoms with Crippen LogP contribution in [-0.2, 0) is 7.05 Å². The van der Waals surface area contributed by atoms with Crippen molar-refractivity contribution in [2.75, 3.05) is 5.32 Å². The van der Waals surface area contributed by atoms with Gasteiger partial charge in [-0.1, -0.05) is 0 Å². The molecule has 2 rings (SSSR count). The second-order valence-electron chi connectivity index (χ2n) is 3.09. The molecule has 78 valence electrons. The molecule has 2 heterocycles. The number of nitrogens with one attached hydrogen (secondary N) is 2. The van der Waals surface area contributed by atoms with Crippen LogP contribution in [-0.4, -0.2) is 30.9 Å². The molecule has 0 aliphatic heterocycles. The Morgan fingerprint density at radius 2 is 2.40 bits per heavy atom. The molecule has 0 fully saturated rings. The fraction of sp³-hybridized carbons (Fsp3) is 0.250. The lowest BCUT2D eigenvalue weighted by Gasteiger charge is -1.98. The van der Waals surface area contributed by atoms with E-state index < -0.39 is 0 Å². The Balaban J connectivity index is 2.16. The number of rotatable bonds is 2. The van der Waals surface area contributed by atoms with Gasteiger partial charge in [0.2, 0.25) is 5.82 Å². The predicted molar refractivity (Wildman–Crippen MR) is 52.3 cm³/mol. The maximum Gasteiger partial charge on any atom is 0.293 e. The van der Waals surface area contributed by atoms with Crippen molar-refractivity contribution in [1.82, 2.24) is 25.0 Å². The Kier molecular flexibility index (Phi) is 2.20. The Hall–Kier alpha value is -2.18. The first-order valence-electron chi connectivity index (χ1n) is 4.34. The smallest absolute Gasteiger partial charge is 0.293 e. The van der Waals surface area contributed by atoms with Crippen LogP contribution in [0.25, 0.3) is 0 Å². The summed E-state index contributed by atoms with van der Waals surface area (Å²) in [4.78, 5) is 15.3. The minimum absolute atomic E-state index is 0.179. The first-order chi connectivity index (χ1) is 7.16. The lowest BCUT2D eigenvalue weighted by Crippen LogP contribution is -2.13. The quantitative estimate of drug-likeness (QED) is 0.729. The maximum atomic E-state index is 11.6. The van der Waals surface area contributed by atoms with Crippen LogP contribution in [0.4, 0.5) is 5.69 Å². The minimum atomic E-state index is -0.330. The zero-order valence-electron chi connectivity index (χ0n) is 8.35. The minimum Gasteiger partial charge on any atom is -0.316 e. The van der Waals surface area contributed by atoms with Gasteiger partial charge < -0.3 is 5.32 Å². The van der Waals surface area contributed by atoms with Crippen LogP contribution in [0.15, 0.2) is 12.5 Å². The number of hydrogen-bond acceptors (Lipinski definition) is 4. The highest BCUT2D eigenvalue weighted by Crippen LogP contribution is 2.11. The van der Waals surface area contributed by atoms with Crippen molar-refractivity contribution in [2.24, 2.45) is 7.05 Å². The Morgan fingerprint density at radius 3 is 2.93 bits per heavy atom. The third-order valence-electron chi connectivity index (χ3n) is 1.89. The zero-order chi connectivity index (χ0) is 10.8. The van der Waals surface area contributed by atoms with Crippen molar-refractivity contribution in [3.63, 3.8) is 0 Å². The van der Waals surface area contributed by atoms with Gasteiger partial charge in [-0.15, -0.1) is 0 Å². The standard InChI is InChI=1S/C8H10N6O/c1-5-6(3-14(2)13-5)11-8(15)7-9-4-10-12-7/h3-4H,1-2H3,(H,11,15)(H,9,10,12). The second kappa shape index (κ2) is 3.52. The van der Waals surface area contributed by atoms with Crippen molar-refractivity contribution >= 4 is 11.6 Å². The summed E-state index contributed by atoms with van der Waals surface area (Å²) >= 11 is 0. The maximum absolute atomic E-state index is 11.6. The summed E-state index contributed by atoms with van der Waals surface area (Å²) in [7, 11) is 1.79. The van der Waals surface area contributed by atoms with E-state index >= 15 is 0 Å². The largest absolute Gasteiger partial charge is 0.316 e. The topological polar surface area (TPSA) is 88.5 Å². The van der Waals surface area contributed by atoms with Crippen molar-refractivity contribution in [3.8, 4) is 0 Å². The van der Waals surface area contributed by atoms with E-state index in [2.05, 4.69) is 25.6 Å². The predicted octanol–water partition coefficient (Wildman–Crippen LogP) is 0.0989. The summed E-state index contributed by atoms with van der Waals surface area (Å²) in [5.74, 6) is -0.151. The molecule has 0 radical (unpaired) electrons. The first kappa shape index (κ1) is 9.38. The fourth-order valence-electron chi connectivity index (χ4n) is 1.22. The van der Waals surface area contributed by atoms with Gasteiger partial charge in [-0.3, -0.25) is 14.6 Å². The molecule has 0 saturated heterocycles. The highest BCUT2D eigenvalue weighted by atomic mass is 16.2. The number of aromatic amines is 1. The van der Waals surface area contributed by atoms with E-state index in [1.165, 1.54) is 6.33 Å². The summed E-state index contributed by atoms with van der Waals surface area (Å²) in [5.41, 5.74) is 1.42. The van der Waals surface area contributed by atoms with Crippen LogP contribution in [0.3, 0.4) is 0 Å². The van der Waals surface area contributed by atoms with Crippen LogP contribution in [0.5, 0.6) is 0 Å². The first-order valence-corrected chi connectivity index (χ1v) is 4.34. The molecule has 7 heteroatoms. The summed E-state index contributed by atoms with van der Waals surface area (Å²) in [5, 5.41) is 12.9. The second-order valence-corrected chi connectivity index (χ2v) is 3.09. The molecule has 0 aliphatic carbocycles. The molecule has 2 N–H and O–H groups in total. The summed E-state index contributed by atoms with van der Waals surface area (Å²) in [6.45, 7) is 1.82. The number of hydrogen-bond donors (Lipinski definition) is 2. The normalized spacial score (nSPS) is 10.3. The number of carbonyl (C=O) groups excluding carboxylic acids is 1. The highest BCUT2D eigenvalue weighted by molar-refractivity contribution is 6.01. The molecular formula is C8H10N6O. The fourth-order valence-corrected chi connectivity index (χ4v) is 1.22. The molecule has 0 spiro atoms. The lowest BCUT2D eigenvalue weighted by molar-refractivity contribution is 0.101. The Labute approximate surface area is 85.5 Å². The number of amides is 1. The van der Waals surface area contributed by atoms with E-state index in [-0.39, 0.29) is 11.7 Å². The van der Waals surface area contributed by atoms with Crippen LogP contribution in [0.1, 0.15) is 16.3 Å². The van der Waals surface area contributed by atoms with Crippen LogP contribution in [0.2, 0.25) is 0 Å². The van der Waals surface area contributed by atoms with Crippen molar-refractivity contribution in [1.29, 1.82) is 0 Å². The number of nitrogens with zero attached hydrogens (tertiary/aromatic N) is 4. The van der Waals surface area contributed by atoms with E-state index in [0.717, 1.165) is 5.69 Å². The molecular weight excluding hydrogens is 196 g/mol. The zero-order valence-corrected chi connectivity index (χ0v) is 8.35. The van der Waals surface area contributed by atoms with E-state index in [0.29, 0.717) is 5.69 Å². The molecule has 0 unspecified atom stereocenters. The third-order valence-corrected chi connectivity index (χ3v) is 1.89. The average molecular weight is 206 g/mol. The van der Waals surface area contributed by atoms with E-state index in [1.807, 2.05) is 6.92 Å². The van der Waals surface area contributed by atoms with Gasteiger partial charge in [-0.25, -0.2) is 4.98 Å². The van der Waals surface area contributed by atoms with Gasteiger partial charge >= 0.3 is 0 Å². The van der Waals surface area contributed by atoms with Gasteiger partial charge in [0.25, 0.3) is 5.91 Å². The molecule has 0 saturated carbocycles. The number of aryl methyl sites for hydroxylation is 2. The van der Waals surface area contributed by atoms with Gasteiger partial charge in [0.1, 0.15) is 6.33 Å². The van der Waals surface area contributed by atoms with E-state index in [1.54, 1.807) is 17.9 Å². The van der Waals surface area contributed by atoms with Gasteiger partial charge in [0.05, 0.1) is 11.4 Å². The van der Waals surface area contributed by atoms with Crippen molar-refractivity contribution in [2.45, 2.75) is 6.92 Å². The van der Waals surface area contributed by atoms with Crippen molar-refractivity contribution in [3.05, 3.63) is 24.0 Å². The Bertz CT molecular complexity index is 471. The van der Waals surface area contributed by atoms with Crippen molar-refractivity contribution < 1.29 is 4.79 Å². The molecule has 0 atom stereocenters. The Morgan fingerprint density at radius 1 is 1.60 bits per heavy atom. The average Bonchev–Trinajstić information content (AvgIpc) is 2.76. The molecule has 0 aliphatic rings. The van der Waals surface area contributed by atoms with Crippen LogP contribution < -0.4 is 5.32 Å². The number of H-pyrrole nitrogens is 1. The monoisotopic (exact) mass is 206 g/mol. The molecule has 1 amide bonds. The number of carbonyl (C=O) groups is 1. The molecule has 15 heavy (non-hydrogen) atoms. The third kappa shape index (κ3) is 1.85. The lowest BCUT2D eigenvalue weighted by atomic mass is 10.4. The number of anilines is 1. The van der Waals surface area contributed by atoms with E-state index in [9.17, 15) is 4.79 Å². The van der Waals surface area contributed by atoms with Gasteiger partial charge in [-0.2, -0.15) is 10.2 Å². The SMILES string of the molecule is Cc1nn(C)cc1NC(=O)c1ncn[nH]1. The summed E-state index contributed by atoms with van der Waals surface area (Å²) < 4.78 is 1.63. The van der Waals surface area contributed by atoms with Gasteiger partial charge in [0.15, 0.2) is 0 Å². The number of aromatic nitrogens is 5. The molecule has 2 aromatic heterocycles. The molecule has 0 bridgehead atoms. The van der Waals surface area contributed by atoms with Crippen LogP contribution in [0, 0.1) is 6.92 Å². The highest BCUT2D eigenvalue weighted by Gasteiger charge is 2.11. The summed E-state index contributed by atoms with van der Waals surface area (Å²) in [6.07, 6.45) is 3.01. The molecule has 2 aromatic rings. The van der Waals surface area contributed by atoms with Crippen LogP contribution >= 0.6 is 0 Å². The molecule has 7 nitrogen and oxygen atoms in total. The molecule has 0 aromatic carbocycles. The summed E-state index contributed by atoms with van der Waals surface area (Å²) in [6, 6.07) is 0.